The molecular weight excluding hydrogens is 284 g/mol. The molecule has 0 aromatic heterocycles. The van der Waals surface area contributed by atoms with Gasteiger partial charge in [-0.05, 0) is 56.3 Å². The molecule has 4 heteroatoms. The molecule has 3 rings (SSSR count). The van der Waals surface area contributed by atoms with E-state index in [-0.39, 0.29) is 17.5 Å². The van der Waals surface area contributed by atoms with Crippen molar-refractivity contribution in [2.45, 2.75) is 50.6 Å². The maximum absolute atomic E-state index is 13.1. The molecule has 0 radical (unpaired) electrons. The predicted molar refractivity (Wildman–Crippen MR) is 85.4 cm³/mol. The second-order valence-electron chi connectivity index (χ2n) is 6.18. The van der Waals surface area contributed by atoms with Crippen LogP contribution in [0.15, 0.2) is 24.3 Å². The van der Waals surface area contributed by atoms with Crippen LogP contribution in [0.3, 0.4) is 0 Å². The Kier molecular flexibility index (Phi) is 4.23. The zero-order valence-corrected chi connectivity index (χ0v) is 13.3. The minimum absolute atomic E-state index is 0.182. The van der Waals surface area contributed by atoms with Gasteiger partial charge in [0.15, 0.2) is 0 Å². The van der Waals surface area contributed by atoms with Crippen molar-refractivity contribution in [1.82, 2.24) is 10.2 Å². The molecule has 2 unspecified atom stereocenters. The number of hydrogen-bond acceptors (Lipinski definition) is 2. The van der Waals surface area contributed by atoms with Crippen molar-refractivity contribution < 1.29 is 4.79 Å². The van der Waals surface area contributed by atoms with E-state index in [4.69, 9.17) is 11.6 Å². The van der Waals surface area contributed by atoms with Crippen molar-refractivity contribution in [1.29, 1.82) is 0 Å². The van der Waals surface area contributed by atoms with E-state index in [1.165, 1.54) is 0 Å². The number of hydrogen-bond donors (Lipinski definition) is 1. The topological polar surface area (TPSA) is 32.3 Å². The third-order valence-electron chi connectivity index (χ3n) is 5.00. The van der Waals surface area contributed by atoms with E-state index < -0.39 is 0 Å². The van der Waals surface area contributed by atoms with Crippen LogP contribution in [0, 0.1) is 0 Å². The predicted octanol–water partition coefficient (Wildman–Crippen LogP) is 3.54. The number of benzene rings is 1. The highest BCUT2D eigenvalue weighted by atomic mass is 35.5. The van der Waals surface area contributed by atoms with E-state index in [0.29, 0.717) is 0 Å². The van der Waals surface area contributed by atoms with Crippen molar-refractivity contribution >= 4 is 17.5 Å². The molecule has 0 aliphatic carbocycles. The number of carbonyl (C=O) groups excluding carboxylic acids is 1. The molecule has 0 saturated carbocycles. The van der Waals surface area contributed by atoms with Gasteiger partial charge in [0.05, 0.1) is 11.6 Å². The van der Waals surface area contributed by atoms with Crippen molar-refractivity contribution in [2.24, 2.45) is 0 Å². The molecule has 2 atom stereocenters. The summed E-state index contributed by atoms with van der Waals surface area (Å²) in [7, 11) is 0. The van der Waals surface area contributed by atoms with Gasteiger partial charge in [0.25, 0.3) is 0 Å². The van der Waals surface area contributed by atoms with E-state index >= 15 is 0 Å². The van der Waals surface area contributed by atoms with E-state index in [9.17, 15) is 4.79 Å². The van der Waals surface area contributed by atoms with E-state index in [1.54, 1.807) is 0 Å². The van der Waals surface area contributed by atoms with Gasteiger partial charge in [-0.2, -0.15) is 0 Å². The molecule has 2 saturated heterocycles. The molecule has 1 N–H and O–H groups in total. The van der Waals surface area contributed by atoms with Gasteiger partial charge >= 0.3 is 0 Å². The maximum atomic E-state index is 13.1. The second-order valence-corrected chi connectivity index (χ2v) is 6.61. The van der Waals surface area contributed by atoms with Crippen molar-refractivity contribution in [3.63, 3.8) is 0 Å². The number of nitrogens with one attached hydrogen (secondary N) is 1. The average Bonchev–Trinajstić information content (AvgIpc) is 3.16. The highest BCUT2D eigenvalue weighted by Gasteiger charge is 2.44. The van der Waals surface area contributed by atoms with Gasteiger partial charge in [0, 0.05) is 11.6 Å². The Balaban J connectivity index is 1.85. The lowest BCUT2D eigenvalue weighted by Gasteiger charge is -2.35. The Morgan fingerprint density at radius 3 is 3.00 bits per heavy atom. The molecule has 0 spiro atoms. The summed E-state index contributed by atoms with van der Waals surface area (Å²) in [5, 5.41) is 4.21. The fraction of sp³-hybridized carbons (Fsp3) is 0.588. The van der Waals surface area contributed by atoms with Gasteiger partial charge in [0.1, 0.15) is 0 Å². The summed E-state index contributed by atoms with van der Waals surface area (Å²) in [6.45, 7) is 3.93. The first kappa shape index (κ1) is 14.9. The standard InChI is InChI=1S/C17H23ClN2O/c1-2-17(9-5-10-19-17)16(21)20-11-4-8-15(20)13-6-3-7-14(18)12-13/h3,6-7,12,15,19H,2,4-5,8-11H2,1H3. The summed E-state index contributed by atoms with van der Waals surface area (Å²) in [5.74, 6) is 0.282. The molecule has 114 valence electrons. The van der Waals surface area contributed by atoms with E-state index in [1.807, 2.05) is 18.2 Å². The lowest BCUT2D eigenvalue weighted by atomic mass is 9.91. The van der Waals surface area contributed by atoms with Gasteiger partial charge in [-0.1, -0.05) is 30.7 Å². The highest BCUT2D eigenvalue weighted by Crippen LogP contribution is 2.37. The molecule has 0 bridgehead atoms. The Bertz CT molecular complexity index is 525. The first-order valence-electron chi connectivity index (χ1n) is 7.98. The number of carbonyl (C=O) groups is 1. The van der Waals surface area contributed by atoms with Gasteiger partial charge in [-0.3, -0.25) is 4.79 Å². The molecule has 2 fully saturated rings. The molecule has 3 nitrogen and oxygen atoms in total. The van der Waals surface area contributed by atoms with Crippen LogP contribution in [0.5, 0.6) is 0 Å². The fourth-order valence-electron chi connectivity index (χ4n) is 3.79. The lowest BCUT2D eigenvalue weighted by Crippen LogP contribution is -2.54. The molecule has 1 aromatic carbocycles. The van der Waals surface area contributed by atoms with Crippen LogP contribution in [-0.2, 0) is 4.79 Å². The third kappa shape index (κ3) is 2.69. The molecule has 21 heavy (non-hydrogen) atoms. The normalized spacial score (nSPS) is 29.0. The zero-order valence-electron chi connectivity index (χ0n) is 12.6. The Morgan fingerprint density at radius 2 is 2.33 bits per heavy atom. The average molecular weight is 307 g/mol. The molecule has 1 aromatic rings. The summed E-state index contributed by atoms with van der Waals surface area (Å²) in [5.41, 5.74) is 0.832. The minimum atomic E-state index is -0.332. The van der Waals surface area contributed by atoms with Crippen LogP contribution in [0.25, 0.3) is 0 Å². The Labute approximate surface area is 131 Å². The Morgan fingerprint density at radius 1 is 1.48 bits per heavy atom. The monoisotopic (exact) mass is 306 g/mol. The number of nitrogens with zero attached hydrogens (tertiary/aromatic N) is 1. The Hall–Kier alpha value is -1.06. The molecular formula is C17H23ClN2O. The maximum Gasteiger partial charge on any atom is 0.243 e. The van der Waals surface area contributed by atoms with Gasteiger partial charge < -0.3 is 10.2 Å². The van der Waals surface area contributed by atoms with E-state index in [0.717, 1.165) is 55.8 Å². The largest absolute Gasteiger partial charge is 0.334 e. The summed E-state index contributed by atoms with van der Waals surface area (Å²) in [6.07, 6.45) is 5.02. The van der Waals surface area contributed by atoms with Crippen LogP contribution < -0.4 is 5.32 Å². The van der Waals surface area contributed by atoms with E-state index in [2.05, 4.69) is 23.2 Å². The van der Waals surface area contributed by atoms with Crippen LogP contribution in [0.1, 0.15) is 50.6 Å². The summed E-state index contributed by atoms with van der Waals surface area (Å²) >= 11 is 6.12. The first-order valence-corrected chi connectivity index (χ1v) is 8.36. The van der Waals surface area contributed by atoms with Crippen molar-refractivity contribution in [3.8, 4) is 0 Å². The molecule has 2 aliphatic heterocycles. The minimum Gasteiger partial charge on any atom is -0.334 e. The number of likely N-dealkylation sites (tertiary alicyclic amines) is 1. The van der Waals surface area contributed by atoms with Gasteiger partial charge in [-0.15, -0.1) is 0 Å². The quantitative estimate of drug-likeness (QED) is 0.926. The summed E-state index contributed by atoms with van der Waals surface area (Å²) in [4.78, 5) is 15.2. The first-order chi connectivity index (χ1) is 10.2. The van der Waals surface area contributed by atoms with Crippen molar-refractivity contribution in [3.05, 3.63) is 34.9 Å². The molecule has 1 amide bonds. The number of rotatable bonds is 3. The van der Waals surface area contributed by atoms with Crippen LogP contribution in [0.2, 0.25) is 5.02 Å². The van der Waals surface area contributed by atoms with Crippen molar-refractivity contribution in [2.75, 3.05) is 13.1 Å². The fourth-order valence-corrected chi connectivity index (χ4v) is 3.99. The SMILES string of the molecule is CCC1(C(=O)N2CCCC2c2cccc(Cl)c2)CCCN1. The summed E-state index contributed by atoms with van der Waals surface area (Å²) < 4.78 is 0. The van der Waals surface area contributed by atoms with Crippen LogP contribution in [0.4, 0.5) is 0 Å². The molecule has 2 heterocycles. The number of halogens is 1. The summed E-state index contributed by atoms with van der Waals surface area (Å²) in [6, 6.07) is 8.13. The van der Waals surface area contributed by atoms with Crippen LogP contribution in [-0.4, -0.2) is 29.4 Å². The van der Waals surface area contributed by atoms with Crippen LogP contribution >= 0.6 is 11.6 Å². The number of amides is 1. The second kappa shape index (κ2) is 5.98. The molecule has 2 aliphatic rings. The van der Waals surface area contributed by atoms with Gasteiger partial charge in [0.2, 0.25) is 5.91 Å². The smallest absolute Gasteiger partial charge is 0.243 e. The highest BCUT2D eigenvalue weighted by molar-refractivity contribution is 6.30. The lowest BCUT2D eigenvalue weighted by molar-refractivity contribution is -0.139. The van der Waals surface area contributed by atoms with Gasteiger partial charge in [-0.25, -0.2) is 0 Å². The third-order valence-corrected chi connectivity index (χ3v) is 5.24. The zero-order chi connectivity index (χ0) is 14.9.